The molecule has 1 heterocycles. The Morgan fingerprint density at radius 1 is 0.720 bits per heavy atom. The van der Waals surface area contributed by atoms with Gasteiger partial charge < -0.3 is 10.2 Å². The van der Waals surface area contributed by atoms with E-state index >= 15 is 0 Å². The number of β-amino-alcohol motifs (C(OH)–C–C–N with tert-alkyl or cyclic N) is 2. The van der Waals surface area contributed by atoms with Crippen LogP contribution >= 0.6 is 0 Å². The summed E-state index contributed by atoms with van der Waals surface area (Å²) in [7, 11) is 0. The summed E-state index contributed by atoms with van der Waals surface area (Å²) in [5.74, 6) is 0. The molecule has 0 aromatic heterocycles. The van der Waals surface area contributed by atoms with E-state index in [1.165, 1.54) is 5.56 Å². The van der Waals surface area contributed by atoms with Crippen molar-refractivity contribution in [2.75, 3.05) is 39.3 Å². The molecule has 1 aliphatic rings. The van der Waals surface area contributed by atoms with Crippen molar-refractivity contribution >= 4 is 0 Å². The van der Waals surface area contributed by atoms with Crippen molar-refractivity contribution in [2.24, 2.45) is 0 Å². The van der Waals surface area contributed by atoms with Crippen LogP contribution in [0.4, 0.5) is 0 Å². The van der Waals surface area contributed by atoms with E-state index in [0.29, 0.717) is 19.5 Å². The molecule has 25 heavy (non-hydrogen) atoms. The van der Waals surface area contributed by atoms with Crippen LogP contribution in [0.15, 0.2) is 60.7 Å². The molecular formula is C21H28N2O2. The molecule has 0 unspecified atom stereocenters. The second kappa shape index (κ2) is 9.11. The third-order valence-electron chi connectivity index (χ3n) is 4.86. The van der Waals surface area contributed by atoms with Crippen LogP contribution < -0.4 is 0 Å². The number of aliphatic hydroxyl groups is 2. The van der Waals surface area contributed by atoms with Gasteiger partial charge in [0.1, 0.15) is 0 Å². The maximum Gasteiger partial charge on any atom is 0.0916 e. The van der Waals surface area contributed by atoms with Crippen LogP contribution in [0.2, 0.25) is 0 Å². The summed E-state index contributed by atoms with van der Waals surface area (Å²) in [6.07, 6.45) is -0.0615. The fourth-order valence-corrected chi connectivity index (χ4v) is 3.43. The largest absolute Gasteiger partial charge is 0.391 e. The first-order valence-corrected chi connectivity index (χ1v) is 9.10. The molecule has 1 fully saturated rings. The number of hydrogen-bond acceptors (Lipinski definition) is 4. The zero-order valence-corrected chi connectivity index (χ0v) is 14.7. The Labute approximate surface area is 150 Å². The molecule has 2 N–H and O–H groups in total. The summed E-state index contributed by atoms with van der Waals surface area (Å²) in [5, 5.41) is 20.7. The third kappa shape index (κ3) is 5.65. The molecule has 2 atom stereocenters. The van der Waals surface area contributed by atoms with Crippen LogP contribution in [0.25, 0.3) is 0 Å². The second-order valence-corrected chi connectivity index (χ2v) is 6.87. The molecule has 0 spiro atoms. The minimum atomic E-state index is -0.434. The van der Waals surface area contributed by atoms with Crippen molar-refractivity contribution in [1.29, 1.82) is 0 Å². The van der Waals surface area contributed by atoms with Crippen LogP contribution in [-0.2, 0) is 6.42 Å². The molecule has 0 amide bonds. The van der Waals surface area contributed by atoms with Gasteiger partial charge in [-0.05, 0) is 17.5 Å². The number of benzene rings is 2. The first kappa shape index (κ1) is 18.1. The summed E-state index contributed by atoms with van der Waals surface area (Å²) < 4.78 is 0. The van der Waals surface area contributed by atoms with Gasteiger partial charge in [-0.25, -0.2) is 0 Å². The molecule has 4 nitrogen and oxygen atoms in total. The van der Waals surface area contributed by atoms with Gasteiger partial charge >= 0.3 is 0 Å². The number of piperazine rings is 1. The van der Waals surface area contributed by atoms with E-state index in [1.807, 2.05) is 48.5 Å². The summed E-state index contributed by atoms with van der Waals surface area (Å²) >= 11 is 0. The number of nitrogens with zero attached hydrogens (tertiary/aromatic N) is 2. The van der Waals surface area contributed by atoms with Gasteiger partial charge in [-0.15, -0.1) is 0 Å². The van der Waals surface area contributed by atoms with Gasteiger partial charge in [0.05, 0.1) is 12.2 Å². The molecule has 134 valence electrons. The van der Waals surface area contributed by atoms with Gasteiger partial charge in [0.2, 0.25) is 0 Å². The zero-order valence-electron chi connectivity index (χ0n) is 14.7. The zero-order chi connectivity index (χ0) is 17.5. The van der Waals surface area contributed by atoms with Crippen molar-refractivity contribution in [1.82, 2.24) is 9.80 Å². The van der Waals surface area contributed by atoms with E-state index < -0.39 is 6.10 Å². The van der Waals surface area contributed by atoms with Crippen molar-refractivity contribution in [3.05, 3.63) is 71.8 Å². The molecule has 1 aliphatic heterocycles. The molecule has 2 aromatic rings. The Hall–Kier alpha value is -1.72. The standard InChI is InChI=1S/C21H28N2O2/c24-20(15-18-7-3-1-4-8-18)16-22-11-13-23(14-12-22)17-21(25)19-9-5-2-6-10-19/h1-10,20-21,24-25H,11-17H2/t20-,21-/m1/s1. The summed E-state index contributed by atoms with van der Waals surface area (Å²) in [4.78, 5) is 4.62. The van der Waals surface area contributed by atoms with Crippen LogP contribution in [0.1, 0.15) is 17.2 Å². The van der Waals surface area contributed by atoms with E-state index in [-0.39, 0.29) is 6.10 Å². The lowest BCUT2D eigenvalue weighted by Crippen LogP contribution is -2.49. The van der Waals surface area contributed by atoms with Crippen molar-refractivity contribution in [3.63, 3.8) is 0 Å². The predicted molar refractivity (Wildman–Crippen MR) is 100 cm³/mol. The Morgan fingerprint density at radius 2 is 1.24 bits per heavy atom. The normalized spacial score (nSPS) is 18.8. The number of rotatable bonds is 7. The van der Waals surface area contributed by atoms with E-state index in [0.717, 1.165) is 31.7 Å². The van der Waals surface area contributed by atoms with Gasteiger partial charge in [0.25, 0.3) is 0 Å². The van der Waals surface area contributed by atoms with Gasteiger partial charge in [-0.3, -0.25) is 9.80 Å². The summed E-state index contributed by atoms with van der Waals surface area (Å²) in [6, 6.07) is 20.0. The van der Waals surface area contributed by atoms with Gasteiger partial charge in [-0.1, -0.05) is 60.7 Å². The highest BCUT2D eigenvalue weighted by Crippen LogP contribution is 2.15. The highest BCUT2D eigenvalue weighted by Gasteiger charge is 2.21. The predicted octanol–water partition coefficient (Wildman–Crippen LogP) is 1.94. The van der Waals surface area contributed by atoms with E-state index in [2.05, 4.69) is 21.9 Å². The number of hydrogen-bond donors (Lipinski definition) is 2. The van der Waals surface area contributed by atoms with Crippen molar-refractivity contribution < 1.29 is 10.2 Å². The molecule has 2 aromatic carbocycles. The quantitative estimate of drug-likeness (QED) is 0.809. The Bertz CT molecular complexity index is 612. The molecule has 0 aliphatic carbocycles. The topological polar surface area (TPSA) is 46.9 Å². The van der Waals surface area contributed by atoms with Crippen LogP contribution in [0.5, 0.6) is 0 Å². The smallest absolute Gasteiger partial charge is 0.0916 e. The SMILES string of the molecule is O[C@H](Cc1ccccc1)CN1CCN(C[C@@H](O)c2ccccc2)CC1. The average Bonchev–Trinajstić information content (AvgIpc) is 2.65. The number of aliphatic hydroxyl groups excluding tert-OH is 2. The van der Waals surface area contributed by atoms with Gasteiger partial charge in [0, 0.05) is 39.3 Å². The van der Waals surface area contributed by atoms with Gasteiger partial charge in [-0.2, -0.15) is 0 Å². The molecule has 0 saturated carbocycles. The summed E-state index contributed by atoms with van der Waals surface area (Å²) in [6.45, 7) is 5.12. The van der Waals surface area contributed by atoms with E-state index in [4.69, 9.17) is 0 Å². The van der Waals surface area contributed by atoms with Crippen LogP contribution in [0, 0.1) is 0 Å². The minimum Gasteiger partial charge on any atom is -0.391 e. The lowest BCUT2D eigenvalue weighted by molar-refractivity contribution is 0.0486. The van der Waals surface area contributed by atoms with Crippen molar-refractivity contribution in [2.45, 2.75) is 18.6 Å². The third-order valence-corrected chi connectivity index (χ3v) is 4.86. The van der Waals surface area contributed by atoms with E-state index in [1.54, 1.807) is 0 Å². The van der Waals surface area contributed by atoms with Crippen LogP contribution in [0.3, 0.4) is 0 Å². The first-order chi connectivity index (χ1) is 12.2. The monoisotopic (exact) mass is 340 g/mol. The lowest BCUT2D eigenvalue weighted by Gasteiger charge is -2.36. The Kier molecular flexibility index (Phi) is 6.59. The average molecular weight is 340 g/mol. The lowest BCUT2D eigenvalue weighted by atomic mass is 10.1. The highest BCUT2D eigenvalue weighted by molar-refractivity contribution is 5.17. The first-order valence-electron chi connectivity index (χ1n) is 9.10. The molecule has 1 saturated heterocycles. The maximum atomic E-state index is 10.4. The van der Waals surface area contributed by atoms with Gasteiger partial charge in [0.15, 0.2) is 0 Å². The minimum absolute atomic E-state index is 0.330. The second-order valence-electron chi connectivity index (χ2n) is 6.87. The van der Waals surface area contributed by atoms with Crippen LogP contribution in [-0.4, -0.2) is 65.4 Å². The summed E-state index contributed by atoms with van der Waals surface area (Å²) in [5.41, 5.74) is 2.16. The fourth-order valence-electron chi connectivity index (χ4n) is 3.43. The molecule has 0 radical (unpaired) electrons. The maximum absolute atomic E-state index is 10.4. The fraction of sp³-hybridized carbons (Fsp3) is 0.429. The molecule has 4 heteroatoms. The highest BCUT2D eigenvalue weighted by atomic mass is 16.3. The Balaban J connectivity index is 1.40. The van der Waals surface area contributed by atoms with Crippen molar-refractivity contribution in [3.8, 4) is 0 Å². The Morgan fingerprint density at radius 3 is 1.84 bits per heavy atom. The van der Waals surface area contributed by atoms with E-state index in [9.17, 15) is 10.2 Å². The molecule has 0 bridgehead atoms. The molecule has 3 rings (SSSR count). The molecular weight excluding hydrogens is 312 g/mol.